The molecule has 0 aliphatic heterocycles. The van der Waals surface area contributed by atoms with Crippen molar-refractivity contribution in [1.82, 2.24) is 0 Å². The van der Waals surface area contributed by atoms with Gasteiger partial charge in [-0.25, -0.2) is 0 Å². The molecular formula is C28H34O3. The summed E-state index contributed by atoms with van der Waals surface area (Å²) in [5.74, 6) is 1.17. The quantitative estimate of drug-likeness (QED) is 0.406. The van der Waals surface area contributed by atoms with E-state index >= 15 is 0 Å². The van der Waals surface area contributed by atoms with Gasteiger partial charge in [0.15, 0.2) is 5.78 Å². The fraction of sp³-hybridized carbons (Fsp3) is 0.321. The zero-order chi connectivity index (χ0) is 22.5. The van der Waals surface area contributed by atoms with Crippen molar-refractivity contribution >= 4 is 5.78 Å². The summed E-state index contributed by atoms with van der Waals surface area (Å²) < 4.78 is 11.5. The maximum absolute atomic E-state index is 12.2. The van der Waals surface area contributed by atoms with Gasteiger partial charge in [0.2, 0.25) is 0 Å². The molecule has 0 heterocycles. The second-order valence-corrected chi connectivity index (χ2v) is 7.54. The van der Waals surface area contributed by atoms with Gasteiger partial charge in [0.25, 0.3) is 0 Å². The molecule has 0 saturated carbocycles. The van der Waals surface area contributed by atoms with Crippen LogP contribution in [0.2, 0.25) is 0 Å². The van der Waals surface area contributed by atoms with Gasteiger partial charge in [-0.3, -0.25) is 4.79 Å². The zero-order valence-electron chi connectivity index (χ0n) is 18.8. The molecule has 1 aliphatic rings. The van der Waals surface area contributed by atoms with Gasteiger partial charge in [0.1, 0.15) is 5.75 Å². The number of carbonyl (C=O) groups excluding carboxylic acids is 1. The number of benzene rings is 2. The molecule has 3 nitrogen and oxygen atoms in total. The molecule has 0 saturated heterocycles. The van der Waals surface area contributed by atoms with Crippen LogP contribution in [-0.4, -0.2) is 19.0 Å². The van der Waals surface area contributed by atoms with Crippen LogP contribution in [0.25, 0.3) is 0 Å². The molecule has 2 aromatic carbocycles. The van der Waals surface area contributed by atoms with E-state index in [-0.39, 0.29) is 11.9 Å². The first-order valence-corrected chi connectivity index (χ1v) is 10.8. The van der Waals surface area contributed by atoms with Gasteiger partial charge >= 0.3 is 0 Å². The van der Waals surface area contributed by atoms with E-state index in [2.05, 4.69) is 56.5 Å². The van der Waals surface area contributed by atoms with Gasteiger partial charge in [-0.1, -0.05) is 60.2 Å². The van der Waals surface area contributed by atoms with Crippen LogP contribution in [0.4, 0.5) is 0 Å². The Morgan fingerprint density at radius 2 is 1.77 bits per heavy atom. The van der Waals surface area contributed by atoms with Crippen LogP contribution in [0, 0.1) is 0 Å². The Balaban J connectivity index is 0.00000166. The molecule has 0 bridgehead atoms. The van der Waals surface area contributed by atoms with Gasteiger partial charge in [-0.15, -0.1) is 13.2 Å². The molecule has 0 fully saturated rings. The molecule has 2 aromatic rings. The largest absolute Gasteiger partial charge is 0.497 e. The zero-order valence-corrected chi connectivity index (χ0v) is 18.8. The minimum atomic E-state index is -0.0903. The molecule has 0 radical (unpaired) electrons. The summed E-state index contributed by atoms with van der Waals surface area (Å²) in [6.45, 7) is 8.62. The van der Waals surface area contributed by atoms with E-state index in [4.69, 9.17) is 9.47 Å². The van der Waals surface area contributed by atoms with Crippen LogP contribution >= 0.6 is 0 Å². The van der Waals surface area contributed by atoms with Crippen molar-refractivity contribution in [2.45, 2.75) is 51.7 Å². The average Bonchev–Trinajstić information content (AvgIpc) is 3.14. The maximum Gasteiger partial charge on any atom is 0.159 e. The molecule has 3 heteroatoms. The Bertz CT molecular complexity index is 880. The molecule has 1 aliphatic carbocycles. The SMILES string of the molecule is C=C.COc1cccc(CC/C=C/C(CC2=C(C)CCC2=O)OCc2ccccc2)c1. The number of carbonyl (C=O) groups is 1. The number of hydrogen-bond acceptors (Lipinski definition) is 3. The van der Waals surface area contributed by atoms with Gasteiger partial charge in [0.05, 0.1) is 19.8 Å². The third-order valence-electron chi connectivity index (χ3n) is 5.38. The second kappa shape index (κ2) is 13.4. The predicted octanol–water partition coefficient (Wildman–Crippen LogP) is 6.64. The minimum Gasteiger partial charge on any atom is -0.497 e. The fourth-order valence-electron chi connectivity index (χ4n) is 3.62. The lowest BCUT2D eigenvalue weighted by Gasteiger charge is -2.16. The van der Waals surface area contributed by atoms with Crippen LogP contribution < -0.4 is 4.74 Å². The van der Waals surface area contributed by atoms with Crippen molar-refractivity contribution < 1.29 is 14.3 Å². The van der Waals surface area contributed by atoms with Crippen LogP contribution in [0.15, 0.2) is 91.1 Å². The van der Waals surface area contributed by atoms with Crippen molar-refractivity contribution in [3.8, 4) is 5.75 Å². The van der Waals surface area contributed by atoms with E-state index in [0.717, 1.165) is 36.1 Å². The molecular weight excluding hydrogens is 384 g/mol. The summed E-state index contributed by atoms with van der Waals surface area (Å²) in [7, 11) is 1.69. The molecule has 0 spiro atoms. The molecule has 0 aromatic heterocycles. The van der Waals surface area contributed by atoms with Crippen molar-refractivity contribution in [3.05, 3.63) is 102 Å². The minimum absolute atomic E-state index is 0.0903. The standard InChI is InChI=1S/C26H30O3.C2H4/c1-20-15-16-26(27)25(20)18-24(29-19-22-10-4-3-5-11-22)13-7-6-9-21-12-8-14-23(17-21)28-2;1-2/h3-5,7-8,10-14,17,24H,6,9,15-16,18-19H2,1-2H3;1-2H2/b13-7+;. The smallest absolute Gasteiger partial charge is 0.159 e. The highest BCUT2D eigenvalue weighted by Gasteiger charge is 2.22. The molecule has 164 valence electrons. The van der Waals surface area contributed by atoms with Gasteiger partial charge in [0, 0.05) is 12.8 Å². The van der Waals surface area contributed by atoms with Crippen LogP contribution in [0.3, 0.4) is 0 Å². The van der Waals surface area contributed by atoms with Gasteiger partial charge in [-0.05, 0) is 55.0 Å². The van der Waals surface area contributed by atoms with Crippen molar-refractivity contribution in [3.63, 3.8) is 0 Å². The Morgan fingerprint density at radius 1 is 1.03 bits per heavy atom. The molecule has 3 rings (SSSR count). The van der Waals surface area contributed by atoms with Crippen LogP contribution in [0.1, 0.15) is 43.7 Å². The highest BCUT2D eigenvalue weighted by Crippen LogP contribution is 2.27. The summed E-state index contributed by atoms with van der Waals surface area (Å²) in [4.78, 5) is 12.2. The summed E-state index contributed by atoms with van der Waals surface area (Å²) in [5, 5.41) is 0. The number of rotatable bonds is 10. The van der Waals surface area contributed by atoms with E-state index in [1.54, 1.807) is 7.11 Å². The lowest BCUT2D eigenvalue weighted by atomic mass is 10.0. The predicted molar refractivity (Wildman–Crippen MR) is 128 cm³/mol. The van der Waals surface area contributed by atoms with E-state index < -0.39 is 0 Å². The summed E-state index contributed by atoms with van der Waals surface area (Å²) in [6.07, 6.45) is 8.26. The van der Waals surface area contributed by atoms with E-state index in [0.29, 0.717) is 19.4 Å². The number of ether oxygens (including phenoxy) is 2. The third kappa shape index (κ3) is 8.03. The third-order valence-corrected chi connectivity index (χ3v) is 5.38. The van der Waals surface area contributed by atoms with Gasteiger partial charge < -0.3 is 9.47 Å². The van der Waals surface area contributed by atoms with E-state index in [9.17, 15) is 4.79 Å². The average molecular weight is 419 g/mol. The normalized spacial score (nSPS) is 14.5. The Morgan fingerprint density at radius 3 is 2.45 bits per heavy atom. The first-order valence-electron chi connectivity index (χ1n) is 10.8. The number of allylic oxidation sites excluding steroid dienone is 2. The van der Waals surface area contributed by atoms with E-state index in [1.807, 2.05) is 30.3 Å². The molecule has 1 atom stereocenters. The first kappa shape index (κ1) is 24.4. The number of methoxy groups -OCH3 is 1. The highest BCUT2D eigenvalue weighted by atomic mass is 16.5. The number of hydrogen-bond donors (Lipinski definition) is 0. The molecule has 1 unspecified atom stereocenters. The monoisotopic (exact) mass is 418 g/mol. The van der Waals surface area contributed by atoms with Crippen molar-refractivity contribution in [1.29, 1.82) is 0 Å². The maximum atomic E-state index is 12.2. The van der Waals surface area contributed by atoms with Crippen molar-refractivity contribution in [2.75, 3.05) is 7.11 Å². The summed E-state index contributed by atoms with van der Waals surface area (Å²) in [5.41, 5.74) is 4.57. The van der Waals surface area contributed by atoms with Crippen LogP contribution in [0.5, 0.6) is 5.75 Å². The summed E-state index contributed by atoms with van der Waals surface area (Å²) in [6, 6.07) is 18.3. The fourth-order valence-corrected chi connectivity index (χ4v) is 3.62. The van der Waals surface area contributed by atoms with E-state index in [1.165, 1.54) is 11.1 Å². The molecule has 0 amide bonds. The molecule has 31 heavy (non-hydrogen) atoms. The van der Waals surface area contributed by atoms with Gasteiger partial charge in [-0.2, -0.15) is 0 Å². The Labute approximate surface area is 187 Å². The summed E-state index contributed by atoms with van der Waals surface area (Å²) >= 11 is 0. The first-order chi connectivity index (χ1) is 15.2. The lowest BCUT2D eigenvalue weighted by molar-refractivity contribution is -0.115. The number of aryl methyl sites for hydroxylation is 1. The second-order valence-electron chi connectivity index (χ2n) is 7.54. The lowest BCUT2D eigenvalue weighted by Crippen LogP contribution is -2.14. The van der Waals surface area contributed by atoms with Crippen molar-refractivity contribution in [2.24, 2.45) is 0 Å². The number of ketones is 1. The highest BCUT2D eigenvalue weighted by molar-refractivity contribution is 5.98. The van der Waals surface area contributed by atoms with Crippen LogP contribution in [-0.2, 0) is 22.6 Å². The Hall–Kier alpha value is -2.91. The topological polar surface area (TPSA) is 35.5 Å². The number of Topliss-reactive ketones (excluding diaryl/α,β-unsaturated/α-hetero) is 1. The Kier molecular flexibility index (Phi) is 10.5. The molecule has 0 N–H and O–H groups in total.